The highest BCUT2D eigenvalue weighted by atomic mass is 16.6. The van der Waals surface area contributed by atoms with Crippen molar-refractivity contribution in [2.24, 2.45) is 0 Å². The van der Waals surface area contributed by atoms with E-state index in [-0.39, 0.29) is 5.78 Å². The summed E-state index contributed by atoms with van der Waals surface area (Å²) >= 11 is 0. The van der Waals surface area contributed by atoms with E-state index < -0.39 is 17.5 Å². The number of rotatable bonds is 4. The van der Waals surface area contributed by atoms with E-state index >= 15 is 0 Å². The van der Waals surface area contributed by atoms with Crippen molar-refractivity contribution in [3.05, 3.63) is 35.4 Å². The molecule has 0 amide bonds. The van der Waals surface area contributed by atoms with Crippen molar-refractivity contribution in [2.75, 3.05) is 7.11 Å². The van der Waals surface area contributed by atoms with Crippen molar-refractivity contribution in [3.8, 4) is 0 Å². The second-order valence-electron chi connectivity index (χ2n) is 4.50. The highest BCUT2D eigenvalue weighted by Gasteiger charge is 2.31. The summed E-state index contributed by atoms with van der Waals surface area (Å²) in [5, 5.41) is 0. The van der Waals surface area contributed by atoms with Crippen molar-refractivity contribution >= 4 is 17.7 Å². The van der Waals surface area contributed by atoms with Crippen molar-refractivity contribution in [2.45, 2.75) is 26.4 Å². The molecular formula is C14H16O5. The molecular weight excluding hydrogens is 248 g/mol. The zero-order chi connectivity index (χ0) is 14.6. The maximum Gasteiger partial charge on any atom is 0.337 e. The summed E-state index contributed by atoms with van der Waals surface area (Å²) in [4.78, 5) is 34.4. The second kappa shape index (κ2) is 5.65. The van der Waals surface area contributed by atoms with Crippen LogP contribution in [0, 0.1) is 0 Å². The number of carbonyl (C=O) groups excluding carboxylic acids is 3. The van der Waals surface area contributed by atoms with E-state index in [4.69, 9.17) is 4.74 Å². The summed E-state index contributed by atoms with van der Waals surface area (Å²) in [6.45, 7) is 4.28. The van der Waals surface area contributed by atoms with Crippen LogP contribution < -0.4 is 0 Å². The van der Waals surface area contributed by atoms with Crippen LogP contribution in [0.1, 0.15) is 41.5 Å². The van der Waals surface area contributed by atoms with Crippen molar-refractivity contribution in [3.63, 3.8) is 0 Å². The molecule has 0 aromatic heterocycles. The first-order chi connectivity index (χ1) is 8.77. The van der Waals surface area contributed by atoms with Crippen LogP contribution in [0.4, 0.5) is 0 Å². The van der Waals surface area contributed by atoms with Crippen LogP contribution in [0.2, 0.25) is 0 Å². The monoisotopic (exact) mass is 264 g/mol. The minimum Gasteiger partial charge on any atom is -0.465 e. The summed E-state index contributed by atoms with van der Waals surface area (Å²) in [7, 11) is 1.28. The fourth-order valence-corrected chi connectivity index (χ4v) is 1.63. The molecule has 0 fully saturated rings. The van der Waals surface area contributed by atoms with Gasteiger partial charge in [0.15, 0.2) is 5.60 Å². The quantitative estimate of drug-likeness (QED) is 0.614. The van der Waals surface area contributed by atoms with E-state index in [1.165, 1.54) is 52.1 Å². The van der Waals surface area contributed by atoms with Gasteiger partial charge in [-0.15, -0.1) is 0 Å². The molecule has 0 heterocycles. The molecule has 1 rings (SSSR count). The lowest BCUT2D eigenvalue weighted by Crippen LogP contribution is -2.36. The zero-order valence-electron chi connectivity index (χ0n) is 11.4. The average Bonchev–Trinajstić information content (AvgIpc) is 2.35. The Morgan fingerprint density at radius 2 is 1.47 bits per heavy atom. The van der Waals surface area contributed by atoms with Crippen LogP contribution in [0.25, 0.3) is 0 Å². The molecule has 0 aliphatic carbocycles. The molecule has 0 radical (unpaired) electrons. The van der Waals surface area contributed by atoms with Gasteiger partial charge in [0.1, 0.15) is 0 Å². The molecule has 0 saturated heterocycles. The number of esters is 2. The van der Waals surface area contributed by atoms with Crippen LogP contribution >= 0.6 is 0 Å². The lowest BCUT2D eigenvalue weighted by Gasteiger charge is -2.22. The van der Waals surface area contributed by atoms with Gasteiger partial charge in [0.25, 0.3) is 0 Å². The van der Waals surface area contributed by atoms with Crippen LogP contribution in [0.15, 0.2) is 24.3 Å². The van der Waals surface area contributed by atoms with Gasteiger partial charge >= 0.3 is 11.9 Å². The van der Waals surface area contributed by atoms with Crippen molar-refractivity contribution in [1.29, 1.82) is 0 Å². The standard InChI is InChI=1S/C14H16O5/c1-9(15)19-14(2,3)12(16)10-5-7-11(8-6-10)13(17)18-4/h5-8H,1-4H3. The van der Waals surface area contributed by atoms with Gasteiger partial charge in [-0.2, -0.15) is 0 Å². The van der Waals surface area contributed by atoms with Gasteiger partial charge in [-0.05, 0) is 26.0 Å². The average molecular weight is 264 g/mol. The summed E-state index contributed by atoms with van der Waals surface area (Å²) in [5.41, 5.74) is -0.526. The number of ether oxygens (including phenoxy) is 2. The van der Waals surface area contributed by atoms with Gasteiger partial charge in [0.05, 0.1) is 12.7 Å². The predicted molar refractivity (Wildman–Crippen MR) is 68.0 cm³/mol. The fourth-order valence-electron chi connectivity index (χ4n) is 1.63. The van der Waals surface area contributed by atoms with Gasteiger partial charge < -0.3 is 9.47 Å². The molecule has 0 N–H and O–H groups in total. The Morgan fingerprint density at radius 1 is 1.00 bits per heavy atom. The minimum atomic E-state index is -1.24. The van der Waals surface area contributed by atoms with Crippen molar-refractivity contribution < 1.29 is 23.9 Å². The van der Waals surface area contributed by atoms with Crippen LogP contribution in [0.5, 0.6) is 0 Å². The molecule has 0 unspecified atom stereocenters. The highest BCUT2D eigenvalue weighted by Crippen LogP contribution is 2.18. The first-order valence-electron chi connectivity index (χ1n) is 5.70. The van der Waals surface area contributed by atoms with E-state index in [2.05, 4.69) is 4.74 Å². The van der Waals surface area contributed by atoms with Gasteiger partial charge in [0.2, 0.25) is 5.78 Å². The topological polar surface area (TPSA) is 69.7 Å². The van der Waals surface area contributed by atoms with E-state index in [1.807, 2.05) is 0 Å². The lowest BCUT2D eigenvalue weighted by molar-refractivity contribution is -0.149. The van der Waals surface area contributed by atoms with E-state index in [9.17, 15) is 14.4 Å². The Morgan fingerprint density at radius 3 is 1.89 bits per heavy atom. The molecule has 102 valence electrons. The third kappa shape index (κ3) is 3.64. The summed E-state index contributed by atoms with van der Waals surface area (Å²) in [6, 6.07) is 5.98. The van der Waals surface area contributed by atoms with E-state index in [1.54, 1.807) is 0 Å². The molecule has 19 heavy (non-hydrogen) atoms. The van der Waals surface area contributed by atoms with Gasteiger partial charge in [-0.1, -0.05) is 12.1 Å². The molecule has 0 bridgehead atoms. The van der Waals surface area contributed by atoms with Gasteiger partial charge in [-0.25, -0.2) is 4.79 Å². The molecule has 0 aliphatic rings. The van der Waals surface area contributed by atoms with Crippen molar-refractivity contribution in [1.82, 2.24) is 0 Å². The van der Waals surface area contributed by atoms with Gasteiger partial charge in [0, 0.05) is 12.5 Å². The number of Topliss-reactive ketones (excluding diaryl/α,β-unsaturated/α-hetero) is 1. The molecule has 1 aromatic carbocycles. The molecule has 0 atom stereocenters. The number of ketones is 1. The van der Waals surface area contributed by atoms with Crippen LogP contribution in [-0.4, -0.2) is 30.4 Å². The zero-order valence-corrected chi connectivity index (χ0v) is 11.4. The molecule has 0 spiro atoms. The molecule has 5 heteroatoms. The van der Waals surface area contributed by atoms with Gasteiger partial charge in [-0.3, -0.25) is 9.59 Å². The Kier molecular flexibility index (Phi) is 4.43. The third-order valence-corrected chi connectivity index (χ3v) is 2.51. The predicted octanol–water partition coefficient (Wildman–Crippen LogP) is 2.00. The number of carbonyl (C=O) groups is 3. The minimum absolute atomic E-state index is 0.334. The first-order valence-corrected chi connectivity index (χ1v) is 5.70. The first kappa shape index (κ1) is 14.9. The lowest BCUT2D eigenvalue weighted by atomic mass is 9.96. The number of methoxy groups -OCH3 is 1. The van der Waals surface area contributed by atoms with Crippen LogP contribution in [0.3, 0.4) is 0 Å². The fraction of sp³-hybridized carbons (Fsp3) is 0.357. The maximum absolute atomic E-state index is 12.2. The SMILES string of the molecule is COC(=O)c1ccc(C(=O)C(C)(C)OC(C)=O)cc1. The Bertz CT molecular complexity index is 499. The molecule has 0 saturated carbocycles. The third-order valence-electron chi connectivity index (χ3n) is 2.51. The largest absolute Gasteiger partial charge is 0.465 e. The molecule has 0 aliphatic heterocycles. The second-order valence-corrected chi connectivity index (χ2v) is 4.50. The van der Waals surface area contributed by atoms with E-state index in [0.29, 0.717) is 11.1 Å². The Balaban J connectivity index is 2.95. The summed E-state index contributed by atoms with van der Waals surface area (Å²) in [5.74, 6) is -1.33. The summed E-state index contributed by atoms with van der Waals surface area (Å²) < 4.78 is 9.54. The normalized spacial score (nSPS) is 10.7. The van der Waals surface area contributed by atoms with E-state index in [0.717, 1.165) is 0 Å². The maximum atomic E-state index is 12.2. The Labute approximate surface area is 111 Å². The molecule has 1 aromatic rings. The highest BCUT2D eigenvalue weighted by molar-refractivity contribution is 6.03. The Hall–Kier alpha value is -2.17. The number of benzene rings is 1. The molecule has 5 nitrogen and oxygen atoms in total. The number of hydrogen-bond acceptors (Lipinski definition) is 5. The summed E-state index contributed by atoms with van der Waals surface area (Å²) in [6.07, 6.45) is 0. The number of hydrogen-bond donors (Lipinski definition) is 0. The smallest absolute Gasteiger partial charge is 0.337 e. The van der Waals surface area contributed by atoms with Crippen LogP contribution in [-0.2, 0) is 14.3 Å².